The smallest absolute Gasteiger partial charge is 0.450 e. The fourth-order valence-electron chi connectivity index (χ4n) is 1.46. The number of rotatable bonds is 4. The highest BCUT2D eigenvalue weighted by Gasteiger charge is 2.54. The van der Waals surface area contributed by atoms with E-state index in [0.29, 0.717) is 0 Å². The Morgan fingerprint density at radius 2 is 0.905 bits per heavy atom. The van der Waals surface area contributed by atoms with E-state index in [-0.39, 0.29) is 0 Å². The molecule has 1 saturated heterocycles. The van der Waals surface area contributed by atoms with Crippen LogP contribution in [-0.4, -0.2) is 69.8 Å². The van der Waals surface area contributed by atoms with Crippen LogP contribution in [0, 0.1) is 0 Å². The van der Waals surface area contributed by atoms with Crippen molar-refractivity contribution in [2.24, 2.45) is 0 Å². The van der Waals surface area contributed by atoms with Gasteiger partial charge >= 0.3 is 24.6 Å². The van der Waals surface area contributed by atoms with Crippen LogP contribution >= 0.6 is 0 Å². The van der Waals surface area contributed by atoms with Crippen LogP contribution in [0.5, 0.6) is 0 Å². The first-order valence-electron chi connectivity index (χ1n) is 4.94. The molecule has 1 heterocycles. The van der Waals surface area contributed by atoms with E-state index in [4.69, 9.17) is 20.4 Å². The second-order valence-corrected chi connectivity index (χ2v) is 3.34. The molecule has 0 aromatic carbocycles. The van der Waals surface area contributed by atoms with Crippen LogP contribution in [0.4, 0.5) is 19.2 Å². The lowest BCUT2D eigenvalue weighted by molar-refractivity contribution is -0.193. The van der Waals surface area contributed by atoms with E-state index < -0.39 is 49.4 Å². The molecule has 4 atom stereocenters. The maximum atomic E-state index is 10.5. The van der Waals surface area contributed by atoms with Crippen molar-refractivity contribution < 1.29 is 63.3 Å². The molecule has 1 aliphatic rings. The van der Waals surface area contributed by atoms with Gasteiger partial charge in [0.2, 0.25) is 12.2 Å². The summed E-state index contributed by atoms with van der Waals surface area (Å²) >= 11 is 0. The summed E-state index contributed by atoms with van der Waals surface area (Å²) < 4.78 is 21.2. The minimum absolute atomic E-state index is 1.91. The SMILES string of the molecule is O=C(O)OC1OC(OC(=O)O)C(OC(=O)O)C1OC(=O)O. The standard InChI is InChI=1S/C8H8O13/c9-5(10)17-1-2(18-6(11)12)4(21-8(15)16)19-3(1)20-7(13)14/h1-4H,(H,9,10)(H,11,12)(H,13,14)(H,15,16). The Kier molecular flexibility index (Phi) is 4.96. The molecule has 0 aliphatic carbocycles. The quantitative estimate of drug-likeness (QED) is 0.405. The van der Waals surface area contributed by atoms with Gasteiger partial charge in [-0.3, -0.25) is 4.74 Å². The van der Waals surface area contributed by atoms with Gasteiger partial charge in [0, 0.05) is 0 Å². The lowest BCUT2D eigenvalue weighted by Crippen LogP contribution is -2.42. The van der Waals surface area contributed by atoms with Gasteiger partial charge in [-0.25, -0.2) is 19.2 Å². The highest BCUT2D eigenvalue weighted by molar-refractivity contribution is 5.60. The van der Waals surface area contributed by atoms with Crippen LogP contribution in [0.1, 0.15) is 0 Å². The summed E-state index contributed by atoms with van der Waals surface area (Å²) in [6.45, 7) is 0. The molecule has 1 fully saturated rings. The van der Waals surface area contributed by atoms with Crippen molar-refractivity contribution in [1.29, 1.82) is 0 Å². The summed E-state index contributed by atoms with van der Waals surface area (Å²) in [4.78, 5) is 41.9. The van der Waals surface area contributed by atoms with E-state index in [0.717, 1.165) is 0 Å². The Morgan fingerprint density at radius 1 is 0.619 bits per heavy atom. The first-order valence-corrected chi connectivity index (χ1v) is 4.94. The van der Waals surface area contributed by atoms with Crippen LogP contribution < -0.4 is 0 Å². The summed E-state index contributed by atoms with van der Waals surface area (Å²) in [7, 11) is 0. The topological polar surface area (TPSA) is 195 Å². The molecule has 13 nitrogen and oxygen atoms in total. The second kappa shape index (κ2) is 6.47. The Hall–Kier alpha value is -2.96. The molecule has 118 valence electrons. The highest BCUT2D eigenvalue weighted by atomic mass is 16.9. The van der Waals surface area contributed by atoms with Gasteiger partial charge in [0.05, 0.1) is 0 Å². The van der Waals surface area contributed by atoms with Crippen LogP contribution in [0.2, 0.25) is 0 Å². The van der Waals surface area contributed by atoms with Crippen molar-refractivity contribution in [3.05, 3.63) is 0 Å². The molecule has 0 radical (unpaired) electrons. The number of carboxylic acid groups (broad SMARTS) is 4. The molecule has 0 saturated carbocycles. The van der Waals surface area contributed by atoms with Gasteiger partial charge in [0.15, 0.2) is 0 Å². The summed E-state index contributed by atoms with van der Waals surface area (Å²) in [5, 5.41) is 33.9. The minimum Gasteiger partial charge on any atom is -0.450 e. The number of ether oxygens (including phenoxy) is 5. The van der Waals surface area contributed by atoms with Gasteiger partial charge in [0.1, 0.15) is 0 Å². The van der Waals surface area contributed by atoms with Crippen LogP contribution in [0.25, 0.3) is 0 Å². The molecule has 4 N–H and O–H groups in total. The van der Waals surface area contributed by atoms with Crippen molar-refractivity contribution in [3.63, 3.8) is 0 Å². The van der Waals surface area contributed by atoms with Crippen molar-refractivity contribution in [2.45, 2.75) is 24.8 Å². The van der Waals surface area contributed by atoms with Gasteiger partial charge in [-0.05, 0) is 0 Å². The first-order chi connectivity index (χ1) is 9.70. The number of hydrogen-bond acceptors (Lipinski definition) is 9. The highest BCUT2D eigenvalue weighted by Crippen LogP contribution is 2.29. The summed E-state index contributed by atoms with van der Waals surface area (Å²) in [5.41, 5.74) is 0. The molecule has 13 heteroatoms. The molecule has 0 bridgehead atoms. The maximum absolute atomic E-state index is 10.5. The molecule has 0 spiro atoms. The molecule has 0 aromatic rings. The summed E-state index contributed by atoms with van der Waals surface area (Å²) in [5.74, 6) is 0. The molecule has 0 amide bonds. The third kappa shape index (κ3) is 4.57. The second-order valence-electron chi connectivity index (χ2n) is 3.34. The third-order valence-corrected chi connectivity index (χ3v) is 2.04. The molecule has 0 aromatic heterocycles. The largest absolute Gasteiger partial charge is 0.508 e. The zero-order chi connectivity index (χ0) is 16.2. The van der Waals surface area contributed by atoms with Gasteiger partial charge in [0.25, 0.3) is 12.6 Å². The van der Waals surface area contributed by atoms with E-state index in [2.05, 4.69) is 23.7 Å². The van der Waals surface area contributed by atoms with Crippen LogP contribution in [0.3, 0.4) is 0 Å². The van der Waals surface area contributed by atoms with Crippen molar-refractivity contribution in [2.75, 3.05) is 0 Å². The summed E-state index contributed by atoms with van der Waals surface area (Å²) in [6.07, 6.45) is -15.5. The summed E-state index contributed by atoms with van der Waals surface area (Å²) in [6, 6.07) is 0. The minimum atomic E-state index is -1.98. The lowest BCUT2D eigenvalue weighted by Gasteiger charge is -2.20. The average molecular weight is 312 g/mol. The van der Waals surface area contributed by atoms with E-state index in [1.165, 1.54) is 0 Å². The predicted molar refractivity (Wildman–Crippen MR) is 52.7 cm³/mol. The van der Waals surface area contributed by atoms with E-state index in [1.807, 2.05) is 0 Å². The van der Waals surface area contributed by atoms with E-state index in [9.17, 15) is 19.2 Å². The van der Waals surface area contributed by atoms with Crippen LogP contribution in [0.15, 0.2) is 0 Å². The van der Waals surface area contributed by atoms with Crippen molar-refractivity contribution in [3.8, 4) is 0 Å². The van der Waals surface area contributed by atoms with Crippen molar-refractivity contribution in [1.82, 2.24) is 0 Å². The fraction of sp³-hybridized carbons (Fsp3) is 0.500. The molecular formula is C8H8O13. The molecule has 1 aliphatic heterocycles. The number of hydrogen-bond donors (Lipinski definition) is 4. The van der Waals surface area contributed by atoms with Crippen molar-refractivity contribution >= 4 is 24.6 Å². The van der Waals surface area contributed by atoms with Gasteiger partial charge < -0.3 is 39.4 Å². The number of carbonyl (C=O) groups is 4. The van der Waals surface area contributed by atoms with Gasteiger partial charge in [-0.1, -0.05) is 0 Å². The fourth-order valence-corrected chi connectivity index (χ4v) is 1.46. The third-order valence-electron chi connectivity index (χ3n) is 2.04. The predicted octanol–water partition coefficient (Wildman–Crippen LogP) is 0.184. The van der Waals surface area contributed by atoms with E-state index in [1.54, 1.807) is 0 Å². The maximum Gasteiger partial charge on any atom is 0.508 e. The Balaban J connectivity index is 2.99. The van der Waals surface area contributed by atoms with Crippen LogP contribution in [-0.2, 0) is 23.7 Å². The zero-order valence-electron chi connectivity index (χ0n) is 9.77. The van der Waals surface area contributed by atoms with E-state index >= 15 is 0 Å². The van der Waals surface area contributed by atoms with Gasteiger partial charge in [-0.15, -0.1) is 0 Å². The molecule has 1 rings (SSSR count). The zero-order valence-corrected chi connectivity index (χ0v) is 9.77. The Labute approximate surface area is 114 Å². The Morgan fingerprint density at radius 3 is 1.14 bits per heavy atom. The first kappa shape index (κ1) is 16.1. The molecule has 21 heavy (non-hydrogen) atoms. The normalized spacial score (nSPS) is 27.4. The monoisotopic (exact) mass is 312 g/mol. The average Bonchev–Trinajstić information content (AvgIpc) is 2.55. The lowest BCUT2D eigenvalue weighted by atomic mass is 10.2. The Bertz CT molecular complexity index is 403. The molecule has 4 unspecified atom stereocenters. The van der Waals surface area contributed by atoms with Gasteiger partial charge in [-0.2, -0.15) is 0 Å². The molecular weight excluding hydrogens is 304 g/mol.